The first-order chi connectivity index (χ1) is 27.2. The summed E-state index contributed by atoms with van der Waals surface area (Å²) in [7, 11) is 0. The minimum atomic E-state index is 0.521. The number of hydrogen-bond acceptors (Lipinski definition) is 9. The van der Waals surface area contributed by atoms with Gasteiger partial charge in [-0.2, -0.15) is 0 Å². The van der Waals surface area contributed by atoms with Gasteiger partial charge in [0.1, 0.15) is 11.0 Å². The van der Waals surface area contributed by atoms with Crippen LogP contribution >= 0.6 is 0 Å². The molecule has 10 nitrogen and oxygen atoms in total. The van der Waals surface area contributed by atoms with Gasteiger partial charge in [0.15, 0.2) is 0 Å². The van der Waals surface area contributed by atoms with Crippen molar-refractivity contribution in [1.82, 2.24) is 10.3 Å². The van der Waals surface area contributed by atoms with Gasteiger partial charge in [0.05, 0.1) is 34.1 Å². The van der Waals surface area contributed by atoms with Crippen molar-refractivity contribution in [3.05, 3.63) is 126 Å². The molecule has 1 heterocycles. The maximum Gasteiger partial charge on any atom is 0.239 e. The zero-order chi connectivity index (χ0) is 39.0. The van der Waals surface area contributed by atoms with Gasteiger partial charge in [-0.15, -0.1) is 4.57 Å². The summed E-state index contributed by atoms with van der Waals surface area (Å²) in [5.41, 5.74) is 39.8. The van der Waals surface area contributed by atoms with Crippen LogP contribution in [0.15, 0.2) is 125 Å². The Morgan fingerprint density at radius 3 is 1.98 bits per heavy atom. The number of nitrogens with two attached hydrogens (primary N) is 4. The molecule has 11 N–H and O–H groups in total. The van der Waals surface area contributed by atoms with Crippen LogP contribution in [0, 0.1) is 6.92 Å². The monoisotopic (exact) mass is 745 g/mol. The van der Waals surface area contributed by atoms with Crippen molar-refractivity contribution in [1.29, 1.82) is 0 Å². The highest BCUT2D eigenvalue weighted by atomic mass is 15.0. The number of aryl methyl sites for hydroxylation is 1. The molecule has 0 saturated carbocycles. The summed E-state index contributed by atoms with van der Waals surface area (Å²) in [6.45, 7) is 6.15. The first-order valence-electron chi connectivity index (χ1n) is 19.6. The fourth-order valence-electron chi connectivity index (χ4n) is 7.23. The smallest absolute Gasteiger partial charge is 0.239 e. The molecule has 5 aromatic carbocycles. The summed E-state index contributed by atoms with van der Waals surface area (Å²) in [6.07, 6.45) is 12.2. The Labute approximate surface area is 329 Å². The Hall–Kier alpha value is -6.55. The molecule has 6 aromatic rings. The Morgan fingerprint density at radius 1 is 0.643 bits per heavy atom. The van der Waals surface area contributed by atoms with Crippen molar-refractivity contribution < 1.29 is 4.57 Å². The summed E-state index contributed by atoms with van der Waals surface area (Å²) in [4.78, 5) is 9.95. The summed E-state index contributed by atoms with van der Waals surface area (Å²) in [5, 5.41) is 10.8. The molecule has 7 rings (SSSR count). The Balaban J connectivity index is 0.863. The highest BCUT2D eigenvalue weighted by Crippen LogP contribution is 2.35. The Kier molecular flexibility index (Phi) is 11.7. The van der Waals surface area contributed by atoms with Gasteiger partial charge in [-0.1, -0.05) is 68.2 Å². The first-order valence-corrected chi connectivity index (χ1v) is 19.6. The minimum absolute atomic E-state index is 0.521. The van der Waals surface area contributed by atoms with Gasteiger partial charge in [-0.25, -0.2) is 4.98 Å². The van der Waals surface area contributed by atoms with E-state index < -0.39 is 0 Å². The number of aliphatic imine (C=N–C) groups is 1. The molecule has 1 aromatic heterocycles. The van der Waals surface area contributed by atoms with Crippen molar-refractivity contribution in [2.45, 2.75) is 58.8 Å². The average molecular weight is 746 g/mol. The molecule has 10 heteroatoms. The van der Waals surface area contributed by atoms with Gasteiger partial charge in [-0.05, 0) is 80.3 Å². The lowest BCUT2D eigenvalue weighted by atomic mass is 10.0. The predicted molar refractivity (Wildman–Crippen MR) is 237 cm³/mol. The summed E-state index contributed by atoms with van der Waals surface area (Å²) in [5.74, 6) is 0. The average Bonchev–Trinajstić information content (AvgIpc) is 3.19. The van der Waals surface area contributed by atoms with Crippen molar-refractivity contribution in [3.8, 4) is 5.69 Å². The highest BCUT2D eigenvalue weighted by Gasteiger charge is 2.22. The highest BCUT2D eigenvalue weighted by molar-refractivity contribution is 6.01. The van der Waals surface area contributed by atoms with E-state index in [0.717, 1.165) is 88.6 Å². The van der Waals surface area contributed by atoms with E-state index in [1.807, 2.05) is 72.8 Å². The minimum Gasteiger partial charge on any atom is -0.397 e. The Morgan fingerprint density at radius 2 is 1.25 bits per heavy atom. The van der Waals surface area contributed by atoms with Crippen molar-refractivity contribution in [2.75, 3.05) is 46.7 Å². The van der Waals surface area contributed by atoms with Crippen LogP contribution in [0.4, 0.5) is 45.5 Å². The molecule has 0 amide bonds. The molecule has 0 spiro atoms. The molecule has 0 atom stereocenters. The number of fused-ring (bicyclic) bond motifs is 2. The van der Waals surface area contributed by atoms with E-state index in [1.165, 1.54) is 42.5 Å². The molecule has 56 heavy (non-hydrogen) atoms. The van der Waals surface area contributed by atoms with Crippen molar-refractivity contribution >= 4 is 73.3 Å². The molecule has 0 radical (unpaired) electrons. The second-order valence-corrected chi connectivity index (χ2v) is 14.6. The van der Waals surface area contributed by atoms with E-state index >= 15 is 0 Å². The third-order valence-corrected chi connectivity index (χ3v) is 10.3. The number of benzene rings is 5. The van der Waals surface area contributed by atoms with Crippen LogP contribution in [0.25, 0.3) is 27.8 Å². The molecule has 1 aliphatic rings. The molecule has 0 aliphatic heterocycles. The molecule has 0 bridgehead atoms. The summed E-state index contributed by atoms with van der Waals surface area (Å²) in [6, 6.07) is 32.2. The van der Waals surface area contributed by atoms with E-state index in [4.69, 9.17) is 32.9 Å². The van der Waals surface area contributed by atoms with Crippen LogP contribution < -0.4 is 43.5 Å². The van der Waals surface area contributed by atoms with Gasteiger partial charge >= 0.3 is 0 Å². The number of rotatable bonds is 15. The van der Waals surface area contributed by atoms with Crippen molar-refractivity contribution in [2.24, 2.45) is 4.99 Å². The zero-order valence-electron chi connectivity index (χ0n) is 32.4. The SMILES string of the molecule is CC1=CC(=Nc2cc(N)c(N)cc2Nc2ccccc2)CC=C1NCCCCCCCCNc1cc2c(cc1C)nc1cc(N)c(N)cc1[n+]2-c1ccccc1. The topological polar surface area (TPSA) is 169 Å². The number of anilines is 7. The van der Waals surface area contributed by atoms with E-state index in [-0.39, 0.29) is 0 Å². The molecule has 0 fully saturated rings. The van der Waals surface area contributed by atoms with Crippen LogP contribution in [0.3, 0.4) is 0 Å². The van der Waals surface area contributed by atoms with Crippen LogP contribution in [-0.2, 0) is 0 Å². The fraction of sp³-hybridized carbons (Fsp3) is 0.239. The summed E-state index contributed by atoms with van der Waals surface area (Å²) >= 11 is 0. The molecular weight excluding hydrogens is 693 g/mol. The molecule has 0 unspecified atom stereocenters. The number of nitrogens with zero attached hydrogens (tertiary/aromatic N) is 3. The third kappa shape index (κ3) is 8.87. The number of allylic oxidation sites excluding steroid dienone is 3. The van der Waals surface area contributed by atoms with Gasteiger partial charge in [0.2, 0.25) is 16.7 Å². The maximum atomic E-state index is 6.26. The van der Waals surface area contributed by atoms with Gasteiger partial charge in [0, 0.05) is 66.6 Å². The normalized spacial score (nSPS) is 13.5. The second kappa shape index (κ2) is 17.3. The number of nitrogen functional groups attached to an aromatic ring is 4. The van der Waals surface area contributed by atoms with Crippen LogP contribution in [-0.4, -0.2) is 23.8 Å². The fourth-order valence-corrected chi connectivity index (χ4v) is 7.23. The van der Waals surface area contributed by atoms with Gasteiger partial charge in [0.25, 0.3) is 0 Å². The van der Waals surface area contributed by atoms with E-state index in [9.17, 15) is 0 Å². The van der Waals surface area contributed by atoms with Crippen LogP contribution in [0.1, 0.15) is 57.4 Å². The molecule has 286 valence electrons. The number of para-hydroxylation sites is 2. The maximum absolute atomic E-state index is 6.26. The number of hydrogen-bond donors (Lipinski definition) is 7. The van der Waals surface area contributed by atoms with Crippen molar-refractivity contribution in [3.63, 3.8) is 0 Å². The number of unbranched alkanes of at least 4 members (excludes halogenated alkanes) is 5. The molecular formula is C46H53N10+. The van der Waals surface area contributed by atoms with Crippen LogP contribution in [0.2, 0.25) is 0 Å². The van der Waals surface area contributed by atoms with E-state index in [0.29, 0.717) is 22.7 Å². The van der Waals surface area contributed by atoms with Crippen LogP contribution in [0.5, 0.6) is 0 Å². The molecule has 1 aliphatic carbocycles. The first kappa shape index (κ1) is 37.8. The standard InChI is InChI=1S/C46H52N10/c1-30-23-33(54-42-26-36(48)35(47)25-41(42)53-32-15-9-7-10-16-32)19-20-39(30)51-21-13-5-3-4-6-14-22-52-40-29-46-43(24-31(40)2)55-44-27-37(49)38(50)28-45(44)56(46)34-17-11-8-12-18-34/h7-12,15-18,20,23-29,51H,3-6,13-14,19,21-22H2,1-2H3,(H9,47,48,49,50,52,53,55)/p+1. The lowest BCUT2D eigenvalue weighted by Gasteiger charge is -2.17. The third-order valence-electron chi connectivity index (χ3n) is 10.3. The zero-order valence-corrected chi connectivity index (χ0v) is 32.4. The lowest BCUT2D eigenvalue weighted by Crippen LogP contribution is -2.33. The quantitative estimate of drug-likeness (QED) is 0.0236. The second-order valence-electron chi connectivity index (χ2n) is 14.6. The molecule has 0 saturated heterocycles. The number of aromatic nitrogens is 2. The van der Waals surface area contributed by atoms with Gasteiger partial charge < -0.3 is 38.9 Å². The number of nitrogens with one attached hydrogen (secondary N) is 3. The summed E-state index contributed by atoms with van der Waals surface area (Å²) < 4.78 is 2.22. The van der Waals surface area contributed by atoms with Gasteiger partial charge in [-0.3, -0.25) is 4.99 Å². The largest absolute Gasteiger partial charge is 0.397 e. The van der Waals surface area contributed by atoms with E-state index in [2.05, 4.69) is 70.8 Å². The lowest BCUT2D eigenvalue weighted by molar-refractivity contribution is -0.538. The Bertz CT molecular complexity index is 2440. The predicted octanol–water partition coefficient (Wildman–Crippen LogP) is 9.39. The van der Waals surface area contributed by atoms with E-state index in [1.54, 1.807) is 0 Å².